The molecule has 0 radical (unpaired) electrons. The van der Waals surface area contributed by atoms with Gasteiger partial charge in [0.15, 0.2) is 0 Å². The number of rotatable bonds is 4. The number of anilines is 2. The van der Waals surface area contributed by atoms with Crippen LogP contribution in [0.4, 0.5) is 11.4 Å². The molecule has 0 N–H and O–H groups in total. The van der Waals surface area contributed by atoms with Crippen LogP contribution in [0.1, 0.15) is 37.3 Å². The van der Waals surface area contributed by atoms with Gasteiger partial charge in [-0.1, -0.05) is 29.8 Å². The van der Waals surface area contributed by atoms with Gasteiger partial charge in [-0.2, -0.15) is 0 Å². The molecule has 180 valence electrons. The van der Waals surface area contributed by atoms with Gasteiger partial charge in [-0.15, -0.1) is 0 Å². The molecule has 1 aliphatic carbocycles. The zero-order chi connectivity index (χ0) is 24.9. The lowest BCUT2D eigenvalue weighted by Crippen LogP contribution is -2.31. The van der Waals surface area contributed by atoms with Gasteiger partial charge in [0, 0.05) is 18.7 Å². The van der Waals surface area contributed by atoms with Crippen molar-refractivity contribution in [2.45, 2.75) is 40.0 Å². The average molecular weight is 473 g/mol. The van der Waals surface area contributed by atoms with Gasteiger partial charge in [0.25, 0.3) is 0 Å². The monoisotopic (exact) mass is 472 g/mol. The van der Waals surface area contributed by atoms with E-state index in [2.05, 4.69) is 0 Å². The van der Waals surface area contributed by atoms with E-state index in [9.17, 15) is 19.2 Å². The molecule has 5 rings (SSSR count). The largest absolute Gasteiger partial charge is 0.426 e. The van der Waals surface area contributed by atoms with Crippen molar-refractivity contribution >= 4 is 35.1 Å². The first-order valence-corrected chi connectivity index (χ1v) is 12.0. The molecule has 0 bridgehead atoms. The number of aryl methyl sites for hydroxylation is 2. The van der Waals surface area contributed by atoms with Crippen LogP contribution in [0.15, 0.2) is 54.1 Å². The third-order valence-corrected chi connectivity index (χ3v) is 7.32. The summed E-state index contributed by atoms with van der Waals surface area (Å²) in [5.41, 5.74) is 4.11. The van der Waals surface area contributed by atoms with Crippen LogP contribution in [-0.2, 0) is 19.2 Å². The Morgan fingerprint density at radius 2 is 1.63 bits per heavy atom. The van der Waals surface area contributed by atoms with E-state index in [0.717, 1.165) is 16.8 Å². The van der Waals surface area contributed by atoms with E-state index < -0.39 is 11.9 Å². The maximum Gasteiger partial charge on any atom is 0.316 e. The molecule has 2 aromatic carbocycles. The summed E-state index contributed by atoms with van der Waals surface area (Å²) in [4.78, 5) is 54.4. The second-order valence-corrected chi connectivity index (χ2v) is 9.78. The van der Waals surface area contributed by atoms with Crippen molar-refractivity contribution in [3.8, 4) is 5.75 Å². The fraction of sp³-hybridized carbons (Fsp3) is 0.357. The van der Waals surface area contributed by atoms with Crippen molar-refractivity contribution < 1.29 is 23.9 Å². The molecule has 0 saturated carbocycles. The van der Waals surface area contributed by atoms with E-state index in [0.29, 0.717) is 29.8 Å². The molecule has 7 heteroatoms. The number of benzene rings is 2. The number of esters is 1. The van der Waals surface area contributed by atoms with E-state index in [4.69, 9.17) is 4.74 Å². The summed E-state index contributed by atoms with van der Waals surface area (Å²) in [7, 11) is 0. The number of para-hydroxylation sites is 1. The predicted octanol–water partition coefficient (Wildman–Crippen LogP) is 4.11. The zero-order valence-electron chi connectivity index (χ0n) is 20.1. The van der Waals surface area contributed by atoms with Gasteiger partial charge in [0.2, 0.25) is 17.7 Å². The molecule has 3 amide bonds. The molecule has 2 fully saturated rings. The molecule has 2 aromatic rings. The lowest BCUT2D eigenvalue weighted by atomic mass is 9.82. The van der Waals surface area contributed by atoms with Gasteiger partial charge in [-0.25, -0.2) is 4.90 Å². The van der Waals surface area contributed by atoms with Crippen LogP contribution in [0, 0.1) is 31.6 Å². The Morgan fingerprint density at radius 1 is 0.886 bits per heavy atom. The number of hydrogen-bond donors (Lipinski definition) is 0. The summed E-state index contributed by atoms with van der Waals surface area (Å²) >= 11 is 0. The average Bonchev–Trinajstić information content (AvgIpc) is 3.32. The SMILES string of the molecule is CC1=CC[C@@H]2C(=O)N(c3ccc(OC(=O)[C@@H]4CC(=O)N(c5ccccc5C)C4)cc3C)C(=O)[C@H]2C1. The Morgan fingerprint density at radius 3 is 2.37 bits per heavy atom. The first-order chi connectivity index (χ1) is 16.7. The first-order valence-electron chi connectivity index (χ1n) is 12.0. The normalized spacial score (nSPS) is 24.0. The van der Waals surface area contributed by atoms with E-state index in [1.165, 1.54) is 4.90 Å². The Hall–Kier alpha value is -3.74. The first kappa shape index (κ1) is 23.0. The molecule has 35 heavy (non-hydrogen) atoms. The van der Waals surface area contributed by atoms with Gasteiger partial charge in [-0.3, -0.25) is 19.2 Å². The molecule has 2 saturated heterocycles. The smallest absolute Gasteiger partial charge is 0.316 e. The Balaban J connectivity index is 1.29. The molecule has 2 aliphatic heterocycles. The standard InChI is InChI=1S/C28H28N2O5/c1-16-8-10-21-22(12-16)27(33)30(26(21)32)24-11-9-20(13-18(24)3)35-28(34)19-14-25(31)29(15-19)23-7-5-4-6-17(23)2/h4-9,11,13,19,21-22H,10,12,14-15H2,1-3H3/t19-,21+,22+/m1/s1. The second kappa shape index (κ2) is 8.80. The Labute approximate surface area is 204 Å². The number of nitrogens with zero attached hydrogens (tertiary/aromatic N) is 2. The summed E-state index contributed by atoms with van der Waals surface area (Å²) in [5, 5.41) is 0. The van der Waals surface area contributed by atoms with E-state index in [1.54, 1.807) is 30.0 Å². The Bertz CT molecular complexity index is 1280. The maximum atomic E-state index is 13.0. The van der Waals surface area contributed by atoms with Gasteiger partial charge >= 0.3 is 5.97 Å². The minimum atomic E-state index is -0.567. The van der Waals surface area contributed by atoms with Crippen LogP contribution in [0.3, 0.4) is 0 Å². The molecule has 2 heterocycles. The van der Waals surface area contributed by atoms with Gasteiger partial charge in [0.1, 0.15) is 5.75 Å². The minimum Gasteiger partial charge on any atom is -0.426 e. The highest BCUT2D eigenvalue weighted by molar-refractivity contribution is 6.22. The van der Waals surface area contributed by atoms with Crippen molar-refractivity contribution in [3.63, 3.8) is 0 Å². The molecule has 0 spiro atoms. The molecule has 0 aromatic heterocycles. The van der Waals surface area contributed by atoms with E-state index in [1.807, 2.05) is 44.2 Å². The number of carbonyl (C=O) groups is 4. The van der Waals surface area contributed by atoms with Gasteiger partial charge in [0.05, 0.1) is 23.4 Å². The molecule has 3 atom stereocenters. The van der Waals surface area contributed by atoms with E-state index in [-0.39, 0.29) is 42.5 Å². The Kier molecular flexibility index (Phi) is 5.79. The third kappa shape index (κ3) is 4.05. The number of hydrogen-bond acceptors (Lipinski definition) is 5. The minimum absolute atomic E-state index is 0.0945. The van der Waals surface area contributed by atoms with Crippen molar-refractivity contribution in [2.75, 3.05) is 16.3 Å². The maximum absolute atomic E-state index is 13.0. The number of amides is 3. The highest BCUT2D eigenvalue weighted by Gasteiger charge is 2.49. The van der Waals surface area contributed by atoms with Crippen LogP contribution in [0.5, 0.6) is 5.75 Å². The molecule has 0 unspecified atom stereocenters. The van der Waals surface area contributed by atoms with Crippen LogP contribution >= 0.6 is 0 Å². The van der Waals surface area contributed by atoms with Crippen LogP contribution < -0.4 is 14.5 Å². The summed E-state index contributed by atoms with van der Waals surface area (Å²) in [6.45, 7) is 5.98. The summed E-state index contributed by atoms with van der Waals surface area (Å²) < 4.78 is 5.61. The number of fused-ring (bicyclic) bond motifs is 1. The topological polar surface area (TPSA) is 84.0 Å². The van der Waals surface area contributed by atoms with Crippen molar-refractivity contribution in [3.05, 3.63) is 65.2 Å². The quantitative estimate of drug-likeness (QED) is 0.289. The molecular weight excluding hydrogens is 444 g/mol. The molecule has 7 nitrogen and oxygen atoms in total. The number of carbonyl (C=O) groups excluding carboxylic acids is 4. The van der Waals surface area contributed by atoms with Crippen LogP contribution in [-0.4, -0.2) is 30.2 Å². The highest BCUT2D eigenvalue weighted by Crippen LogP contribution is 2.41. The third-order valence-electron chi connectivity index (χ3n) is 7.32. The van der Waals surface area contributed by atoms with Gasteiger partial charge < -0.3 is 9.64 Å². The second-order valence-electron chi connectivity index (χ2n) is 9.78. The van der Waals surface area contributed by atoms with Gasteiger partial charge in [-0.05, 0) is 69.0 Å². The van der Waals surface area contributed by atoms with Crippen LogP contribution in [0.25, 0.3) is 0 Å². The number of imide groups is 1. The van der Waals surface area contributed by atoms with Crippen molar-refractivity contribution in [1.29, 1.82) is 0 Å². The van der Waals surface area contributed by atoms with Crippen molar-refractivity contribution in [1.82, 2.24) is 0 Å². The van der Waals surface area contributed by atoms with Crippen molar-refractivity contribution in [2.24, 2.45) is 17.8 Å². The summed E-state index contributed by atoms with van der Waals surface area (Å²) in [6.07, 6.45) is 3.34. The molecular formula is C28H28N2O5. The lowest BCUT2D eigenvalue weighted by molar-refractivity contribution is -0.139. The number of ether oxygens (including phenoxy) is 1. The summed E-state index contributed by atoms with van der Waals surface area (Å²) in [6, 6.07) is 12.5. The zero-order valence-corrected chi connectivity index (χ0v) is 20.1. The highest BCUT2D eigenvalue weighted by atomic mass is 16.5. The van der Waals surface area contributed by atoms with Crippen LogP contribution in [0.2, 0.25) is 0 Å². The fourth-order valence-corrected chi connectivity index (χ4v) is 5.38. The molecule has 3 aliphatic rings. The van der Waals surface area contributed by atoms with E-state index >= 15 is 0 Å². The lowest BCUT2D eigenvalue weighted by Gasteiger charge is -2.19. The number of allylic oxidation sites excluding steroid dienone is 2. The summed E-state index contributed by atoms with van der Waals surface area (Å²) in [5.74, 6) is -1.76. The fourth-order valence-electron chi connectivity index (χ4n) is 5.38. The predicted molar refractivity (Wildman–Crippen MR) is 131 cm³/mol.